The van der Waals surface area contributed by atoms with E-state index in [0.717, 1.165) is 26.9 Å². The maximum absolute atomic E-state index is 12.8. The summed E-state index contributed by atoms with van der Waals surface area (Å²) in [6.07, 6.45) is 0. The zero-order chi connectivity index (χ0) is 23.2. The molecule has 0 aliphatic carbocycles. The van der Waals surface area contributed by atoms with Crippen LogP contribution in [0.25, 0.3) is 0 Å². The lowest BCUT2D eigenvalue weighted by molar-refractivity contribution is 0.101. The van der Waals surface area contributed by atoms with Crippen LogP contribution in [0.15, 0.2) is 82.5 Å². The van der Waals surface area contributed by atoms with E-state index in [1.807, 2.05) is 73.8 Å². The van der Waals surface area contributed by atoms with E-state index in [-0.39, 0.29) is 11.8 Å². The monoisotopic (exact) mass is 473 g/mol. The second kappa shape index (κ2) is 10.5. The lowest BCUT2D eigenvalue weighted by Gasteiger charge is -2.12. The molecule has 0 aliphatic rings. The Morgan fingerprint density at radius 1 is 0.879 bits per heavy atom. The van der Waals surface area contributed by atoms with Crippen molar-refractivity contribution >= 4 is 46.3 Å². The van der Waals surface area contributed by atoms with Gasteiger partial charge >= 0.3 is 0 Å². The molecule has 7 heteroatoms. The van der Waals surface area contributed by atoms with E-state index in [1.54, 1.807) is 41.3 Å². The van der Waals surface area contributed by atoms with Gasteiger partial charge in [0, 0.05) is 39.3 Å². The van der Waals surface area contributed by atoms with Gasteiger partial charge in [-0.3, -0.25) is 9.59 Å². The van der Waals surface area contributed by atoms with Gasteiger partial charge in [0.25, 0.3) is 11.8 Å². The number of anilines is 2. The number of benzene rings is 3. The van der Waals surface area contributed by atoms with Gasteiger partial charge in [0.05, 0.1) is 0 Å². The van der Waals surface area contributed by atoms with Gasteiger partial charge in [-0.25, -0.2) is 4.98 Å². The third-order valence-electron chi connectivity index (χ3n) is 4.96. The average Bonchev–Trinajstić information content (AvgIpc) is 3.25. The van der Waals surface area contributed by atoms with E-state index in [0.29, 0.717) is 22.5 Å². The number of carbonyl (C=O) groups is 2. The van der Waals surface area contributed by atoms with Gasteiger partial charge in [-0.2, -0.15) is 0 Å². The van der Waals surface area contributed by atoms with Crippen LogP contribution in [-0.4, -0.2) is 16.8 Å². The Hall–Kier alpha value is -3.42. The zero-order valence-corrected chi connectivity index (χ0v) is 19.9. The van der Waals surface area contributed by atoms with Crippen molar-refractivity contribution in [3.63, 3.8) is 0 Å². The number of nitrogens with zero attached hydrogens (tertiary/aromatic N) is 1. The van der Waals surface area contributed by atoms with Crippen molar-refractivity contribution in [1.82, 2.24) is 4.98 Å². The first kappa shape index (κ1) is 22.8. The van der Waals surface area contributed by atoms with Crippen molar-refractivity contribution in [2.75, 3.05) is 10.6 Å². The normalized spacial score (nSPS) is 10.6. The van der Waals surface area contributed by atoms with E-state index in [2.05, 4.69) is 15.6 Å². The van der Waals surface area contributed by atoms with E-state index >= 15 is 0 Å². The summed E-state index contributed by atoms with van der Waals surface area (Å²) in [6, 6.07) is 22.1. The van der Waals surface area contributed by atoms with Crippen molar-refractivity contribution in [1.29, 1.82) is 0 Å². The summed E-state index contributed by atoms with van der Waals surface area (Å²) < 4.78 is 1.05. The number of thioether (sulfide) groups is 1. The highest BCUT2D eigenvalue weighted by atomic mass is 32.2. The smallest absolute Gasteiger partial charge is 0.255 e. The number of carbonyl (C=O) groups excluding carboxylic acids is 2. The number of hydrogen-bond acceptors (Lipinski definition) is 5. The van der Waals surface area contributed by atoms with Gasteiger partial charge in [0.1, 0.15) is 4.34 Å². The maximum atomic E-state index is 12.8. The molecule has 1 aromatic heterocycles. The molecule has 1 heterocycles. The maximum Gasteiger partial charge on any atom is 0.255 e. The minimum Gasteiger partial charge on any atom is -0.322 e. The molecule has 0 aliphatic heterocycles. The highest BCUT2D eigenvalue weighted by Gasteiger charge is 2.11. The average molecular weight is 474 g/mol. The second-order valence-corrected chi connectivity index (χ2v) is 9.62. The van der Waals surface area contributed by atoms with Crippen LogP contribution >= 0.6 is 23.1 Å². The van der Waals surface area contributed by atoms with Crippen molar-refractivity contribution in [3.05, 3.63) is 106 Å². The third-order valence-corrected chi connectivity index (χ3v) is 7.17. The molecule has 0 unspecified atom stereocenters. The SMILES string of the molecule is Cc1csc(SCc2ccc(C(=O)Nc3cc(NC(=O)c4ccccc4)ccc3C)cc2)n1. The first-order valence-electron chi connectivity index (χ1n) is 10.4. The van der Waals surface area contributed by atoms with Gasteiger partial charge < -0.3 is 10.6 Å². The summed E-state index contributed by atoms with van der Waals surface area (Å²) in [7, 11) is 0. The molecule has 4 aromatic rings. The first-order chi connectivity index (χ1) is 16.0. The molecule has 2 N–H and O–H groups in total. The fourth-order valence-electron chi connectivity index (χ4n) is 3.12. The van der Waals surface area contributed by atoms with Crippen LogP contribution in [0.2, 0.25) is 0 Å². The molecular weight excluding hydrogens is 450 g/mol. The Morgan fingerprint density at radius 3 is 2.27 bits per heavy atom. The molecule has 0 saturated carbocycles. The molecule has 33 heavy (non-hydrogen) atoms. The molecule has 0 atom stereocenters. The zero-order valence-electron chi connectivity index (χ0n) is 18.3. The predicted octanol–water partition coefficient (Wildman–Crippen LogP) is 6.56. The lowest BCUT2D eigenvalue weighted by atomic mass is 10.1. The van der Waals surface area contributed by atoms with Crippen LogP contribution in [0.1, 0.15) is 37.5 Å². The number of hydrogen-bond donors (Lipinski definition) is 2. The predicted molar refractivity (Wildman–Crippen MR) is 136 cm³/mol. The minimum atomic E-state index is -0.196. The lowest BCUT2D eigenvalue weighted by Crippen LogP contribution is -2.14. The molecular formula is C26H23N3O2S2. The number of thiazole rings is 1. The Kier molecular flexibility index (Phi) is 7.22. The summed E-state index contributed by atoms with van der Waals surface area (Å²) in [5, 5.41) is 7.88. The van der Waals surface area contributed by atoms with Crippen LogP contribution < -0.4 is 10.6 Å². The van der Waals surface area contributed by atoms with E-state index < -0.39 is 0 Å². The summed E-state index contributed by atoms with van der Waals surface area (Å²) >= 11 is 3.33. The number of aromatic nitrogens is 1. The highest BCUT2D eigenvalue weighted by molar-refractivity contribution is 8.00. The molecule has 0 radical (unpaired) electrons. The van der Waals surface area contributed by atoms with E-state index in [1.165, 1.54) is 0 Å². The van der Waals surface area contributed by atoms with Gasteiger partial charge in [0.15, 0.2) is 0 Å². The standard InChI is InChI=1S/C26H23N3O2S2/c1-17-8-13-22(28-24(30)20-6-4-3-5-7-20)14-23(17)29-25(31)21-11-9-19(10-12-21)16-33-26-27-18(2)15-32-26/h3-15H,16H2,1-2H3,(H,28,30)(H,29,31). The van der Waals surface area contributed by atoms with E-state index in [9.17, 15) is 9.59 Å². The molecule has 0 fully saturated rings. The Bertz CT molecular complexity index is 1270. The van der Waals surface area contributed by atoms with E-state index in [4.69, 9.17) is 0 Å². The van der Waals surface area contributed by atoms with Crippen molar-refractivity contribution in [2.45, 2.75) is 23.9 Å². The molecule has 0 spiro atoms. The summed E-state index contributed by atoms with van der Waals surface area (Å²) in [5.74, 6) is 0.411. The molecule has 2 amide bonds. The molecule has 166 valence electrons. The summed E-state index contributed by atoms with van der Waals surface area (Å²) in [5.41, 5.74) is 5.51. The quantitative estimate of drug-likeness (QED) is 0.298. The Labute approximate surface area is 201 Å². The summed E-state index contributed by atoms with van der Waals surface area (Å²) in [6.45, 7) is 3.90. The number of aryl methyl sites for hydroxylation is 2. The van der Waals surface area contributed by atoms with Crippen LogP contribution in [0, 0.1) is 13.8 Å². The van der Waals surface area contributed by atoms with Crippen LogP contribution in [0.5, 0.6) is 0 Å². The van der Waals surface area contributed by atoms with Crippen molar-refractivity contribution in [2.24, 2.45) is 0 Å². The first-order valence-corrected chi connectivity index (χ1v) is 12.3. The van der Waals surface area contributed by atoms with Crippen LogP contribution in [-0.2, 0) is 5.75 Å². The van der Waals surface area contributed by atoms with Gasteiger partial charge in [-0.1, -0.05) is 48.2 Å². The molecule has 5 nitrogen and oxygen atoms in total. The van der Waals surface area contributed by atoms with Crippen LogP contribution in [0.4, 0.5) is 11.4 Å². The Balaban J connectivity index is 1.39. The molecule has 0 saturated heterocycles. The largest absolute Gasteiger partial charge is 0.322 e. The second-order valence-electron chi connectivity index (χ2n) is 7.54. The minimum absolute atomic E-state index is 0.195. The van der Waals surface area contributed by atoms with Gasteiger partial charge in [0.2, 0.25) is 0 Å². The Morgan fingerprint density at radius 2 is 1.58 bits per heavy atom. The molecule has 3 aromatic carbocycles. The van der Waals surface area contributed by atoms with Gasteiger partial charge in [-0.05, 0) is 61.4 Å². The van der Waals surface area contributed by atoms with Crippen molar-refractivity contribution in [3.8, 4) is 0 Å². The topological polar surface area (TPSA) is 71.1 Å². The third kappa shape index (κ3) is 6.09. The number of amides is 2. The van der Waals surface area contributed by atoms with Crippen LogP contribution in [0.3, 0.4) is 0 Å². The molecule has 4 rings (SSSR count). The molecule has 0 bridgehead atoms. The number of nitrogens with one attached hydrogen (secondary N) is 2. The fraction of sp³-hybridized carbons (Fsp3) is 0.115. The van der Waals surface area contributed by atoms with Crippen molar-refractivity contribution < 1.29 is 9.59 Å². The number of rotatable bonds is 7. The fourth-order valence-corrected chi connectivity index (χ4v) is 4.92. The van der Waals surface area contributed by atoms with Gasteiger partial charge in [-0.15, -0.1) is 11.3 Å². The highest BCUT2D eigenvalue weighted by Crippen LogP contribution is 2.26. The summed E-state index contributed by atoms with van der Waals surface area (Å²) in [4.78, 5) is 29.7.